The highest BCUT2D eigenvalue weighted by Gasteiger charge is 2.38. The minimum atomic E-state index is -4.64. The minimum absolute atomic E-state index is 0.0280. The average molecular weight is 256 g/mol. The van der Waals surface area contributed by atoms with E-state index in [9.17, 15) is 22.0 Å². The molecule has 0 aliphatic rings. The highest BCUT2D eigenvalue weighted by Crippen LogP contribution is 2.35. The topological polar surface area (TPSA) is 27.1 Å². The first-order chi connectivity index (χ1) is 7.77. The molecule has 1 aromatic rings. The molecule has 8 heteroatoms. The molecule has 1 heterocycles. The van der Waals surface area contributed by atoms with Gasteiger partial charge in [0.25, 0.3) is 0 Å². The van der Waals surface area contributed by atoms with E-state index in [0.29, 0.717) is 0 Å². The second-order valence-corrected chi connectivity index (χ2v) is 3.13. The van der Waals surface area contributed by atoms with Gasteiger partial charge < -0.3 is 4.74 Å². The summed E-state index contributed by atoms with van der Waals surface area (Å²) >= 11 is 0. The molecule has 0 aliphatic carbocycles. The van der Waals surface area contributed by atoms with Gasteiger partial charge >= 0.3 is 12.3 Å². The molecule has 0 bridgehead atoms. The van der Waals surface area contributed by atoms with Gasteiger partial charge in [-0.05, 0) is 6.42 Å². The van der Waals surface area contributed by atoms with Gasteiger partial charge in [0.15, 0.2) is 12.0 Å². The molecule has 0 fully saturated rings. The number of hydrogen-bond acceptors (Lipinski definition) is 2. The third kappa shape index (κ3) is 2.95. The lowest BCUT2D eigenvalue weighted by molar-refractivity contribution is -0.142. The van der Waals surface area contributed by atoms with Crippen LogP contribution < -0.4 is 4.74 Å². The van der Waals surface area contributed by atoms with Crippen molar-refractivity contribution >= 4 is 0 Å². The number of alkyl halides is 3. The average Bonchev–Trinajstić information content (AvgIpc) is 2.51. The summed E-state index contributed by atoms with van der Waals surface area (Å²) in [6.45, 7) is 1.45. The number of aryl methyl sites for hydroxylation is 1. The normalized spacial score (nSPS) is 11.5. The van der Waals surface area contributed by atoms with E-state index in [0.717, 1.165) is 4.68 Å². The van der Waals surface area contributed by atoms with E-state index in [1.165, 1.54) is 14.0 Å². The van der Waals surface area contributed by atoms with Crippen molar-refractivity contribution in [3.63, 3.8) is 0 Å². The zero-order valence-corrected chi connectivity index (χ0v) is 8.98. The molecule has 96 valence electrons. The number of aromatic nitrogens is 2. The quantitative estimate of drug-likeness (QED) is 0.613. The fraction of sp³-hybridized carbons (Fsp3) is 0.444. The van der Waals surface area contributed by atoms with Crippen LogP contribution in [0.1, 0.15) is 18.2 Å². The number of rotatable bonds is 3. The summed E-state index contributed by atoms with van der Waals surface area (Å²) in [7, 11) is 1.19. The Labute approximate surface area is 93.5 Å². The van der Waals surface area contributed by atoms with Crippen molar-refractivity contribution in [3.05, 3.63) is 23.6 Å². The Kier molecular flexibility index (Phi) is 3.74. The van der Waals surface area contributed by atoms with E-state index >= 15 is 0 Å². The van der Waals surface area contributed by atoms with E-state index < -0.39 is 18.0 Å². The molecular weight excluding hydrogens is 247 g/mol. The van der Waals surface area contributed by atoms with E-state index in [1.807, 2.05) is 0 Å². The lowest BCUT2D eigenvalue weighted by Gasteiger charge is -2.05. The van der Waals surface area contributed by atoms with E-state index in [4.69, 9.17) is 0 Å². The van der Waals surface area contributed by atoms with Crippen molar-refractivity contribution < 1.29 is 26.7 Å². The second-order valence-electron chi connectivity index (χ2n) is 3.13. The van der Waals surface area contributed by atoms with Gasteiger partial charge in [-0.2, -0.15) is 27.1 Å². The molecular formula is C9H9F5N2O. The van der Waals surface area contributed by atoms with Gasteiger partial charge in [0, 0.05) is 12.6 Å². The maximum Gasteiger partial charge on any atom is 0.435 e. The smallest absolute Gasteiger partial charge is 0.435 e. The molecule has 0 saturated carbocycles. The Morgan fingerprint density at radius 1 is 1.41 bits per heavy atom. The number of hydrogen-bond donors (Lipinski definition) is 0. The fourth-order valence-corrected chi connectivity index (χ4v) is 1.35. The van der Waals surface area contributed by atoms with Crippen LogP contribution in [0.3, 0.4) is 0 Å². The number of ether oxygens (including phenoxy) is 1. The lowest BCUT2D eigenvalue weighted by Crippen LogP contribution is -2.09. The molecule has 0 radical (unpaired) electrons. The Morgan fingerprint density at radius 2 is 2.00 bits per heavy atom. The van der Waals surface area contributed by atoms with Crippen molar-refractivity contribution in [2.24, 2.45) is 7.05 Å². The third-order valence-electron chi connectivity index (χ3n) is 1.97. The van der Waals surface area contributed by atoms with Gasteiger partial charge in [-0.15, -0.1) is 0 Å². The van der Waals surface area contributed by atoms with Crippen LogP contribution in [0.2, 0.25) is 0 Å². The molecule has 0 atom stereocenters. The Balaban J connectivity index is 3.22. The minimum Gasteiger partial charge on any atom is -0.441 e. The Bertz CT molecular complexity index is 431. The van der Waals surface area contributed by atoms with Gasteiger partial charge in [-0.1, -0.05) is 6.92 Å². The van der Waals surface area contributed by atoms with Crippen LogP contribution in [0.25, 0.3) is 0 Å². The van der Waals surface area contributed by atoms with Crippen molar-refractivity contribution in [3.8, 4) is 5.88 Å². The third-order valence-corrected chi connectivity index (χ3v) is 1.97. The summed E-state index contributed by atoms with van der Waals surface area (Å²) in [5.41, 5.74) is -1.37. The van der Waals surface area contributed by atoms with Crippen molar-refractivity contribution in [2.45, 2.75) is 19.5 Å². The van der Waals surface area contributed by atoms with Crippen molar-refractivity contribution in [1.82, 2.24) is 9.78 Å². The monoisotopic (exact) mass is 256 g/mol. The predicted octanol–water partition coefficient (Wildman–Crippen LogP) is 3.12. The molecule has 0 aliphatic heterocycles. The summed E-state index contributed by atoms with van der Waals surface area (Å²) in [6.07, 6.45) is -6.72. The summed E-state index contributed by atoms with van der Waals surface area (Å²) < 4.78 is 66.5. The van der Waals surface area contributed by atoms with Crippen LogP contribution in [0, 0.1) is 0 Å². The molecule has 0 unspecified atom stereocenters. The Hall–Kier alpha value is -1.60. The first kappa shape index (κ1) is 13.5. The number of nitrogens with zero attached hydrogens (tertiary/aromatic N) is 2. The van der Waals surface area contributed by atoms with Crippen LogP contribution in [0.4, 0.5) is 22.0 Å². The molecule has 0 aromatic carbocycles. The molecule has 0 spiro atoms. The molecule has 1 aromatic heterocycles. The SMILES string of the molecule is CCc1c(C(F)(F)F)nn(C)c1OC=C(F)F. The van der Waals surface area contributed by atoms with Gasteiger partial charge in [0.1, 0.15) is 0 Å². The maximum absolute atomic E-state index is 12.5. The molecule has 0 amide bonds. The molecule has 0 saturated heterocycles. The van der Waals surface area contributed by atoms with Crippen molar-refractivity contribution in [2.75, 3.05) is 0 Å². The Morgan fingerprint density at radius 3 is 2.41 bits per heavy atom. The number of halogens is 5. The fourth-order valence-electron chi connectivity index (χ4n) is 1.35. The second kappa shape index (κ2) is 4.72. The zero-order chi connectivity index (χ0) is 13.2. The van der Waals surface area contributed by atoms with Crippen LogP contribution in [0.5, 0.6) is 5.88 Å². The first-order valence-electron chi connectivity index (χ1n) is 4.58. The lowest BCUT2D eigenvalue weighted by atomic mass is 10.2. The summed E-state index contributed by atoms with van der Waals surface area (Å²) in [4.78, 5) is 0. The van der Waals surface area contributed by atoms with E-state index in [-0.39, 0.29) is 24.1 Å². The highest BCUT2D eigenvalue weighted by molar-refractivity contribution is 5.34. The van der Waals surface area contributed by atoms with Gasteiger partial charge in [-0.25, -0.2) is 4.68 Å². The van der Waals surface area contributed by atoms with Crippen LogP contribution in [-0.4, -0.2) is 9.78 Å². The van der Waals surface area contributed by atoms with E-state index in [1.54, 1.807) is 0 Å². The van der Waals surface area contributed by atoms with Crippen molar-refractivity contribution in [1.29, 1.82) is 0 Å². The largest absolute Gasteiger partial charge is 0.441 e. The van der Waals surface area contributed by atoms with Gasteiger partial charge in [0.05, 0.1) is 0 Å². The summed E-state index contributed by atoms with van der Waals surface area (Å²) in [6, 6.07) is 0. The molecule has 0 N–H and O–H groups in total. The van der Waals surface area contributed by atoms with Crippen LogP contribution >= 0.6 is 0 Å². The molecule has 3 nitrogen and oxygen atoms in total. The van der Waals surface area contributed by atoms with E-state index in [2.05, 4.69) is 9.84 Å². The highest BCUT2D eigenvalue weighted by atomic mass is 19.4. The standard InChI is InChI=1S/C9H9F5N2O/c1-3-5-7(9(12,13)14)15-16(2)8(5)17-4-6(10)11/h4H,3H2,1-2H3. The summed E-state index contributed by atoms with van der Waals surface area (Å²) in [5.74, 6) is -0.340. The van der Waals surface area contributed by atoms with Crippen LogP contribution in [-0.2, 0) is 19.6 Å². The molecule has 1 rings (SSSR count). The van der Waals surface area contributed by atoms with Gasteiger partial charge in [-0.3, -0.25) is 0 Å². The maximum atomic E-state index is 12.5. The predicted molar refractivity (Wildman–Crippen MR) is 48.5 cm³/mol. The first-order valence-corrected chi connectivity index (χ1v) is 4.58. The van der Waals surface area contributed by atoms with Crippen LogP contribution in [0.15, 0.2) is 12.3 Å². The van der Waals surface area contributed by atoms with Gasteiger partial charge in [0.2, 0.25) is 5.88 Å². The molecule has 17 heavy (non-hydrogen) atoms. The zero-order valence-electron chi connectivity index (χ0n) is 8.98. The summed E-state index contributed by atoms with van der Waals surface area (Å²) in [5, 5.41) is 3.22.